The number of halogens is 3. The second kappa shape index (κ2) is 7.03. The first kappa shape index (κ1) is 21.1. The van der Waals surface area contributed by atoms with Gasteiger partial charge in [0.15, 0.2) is 0 Å². The number of alkyl halides is 3. The lowest BCUT2D eigenvalue weighted by Crippen LogP contribution is -2.69. The number of benzene rings is 1. The first-order valence-corrected chi connectivity index (χ1v) is 9.52. The highest BCUT2D eigenvalue weighted by Crippen LogP contribution is 2.37. The molecule has 0 bridgehead atoms. The van der Waals surface area contributed by atoms with E-state index in [1.54, 1.807) is 22.8 Å². The van der Waals surface area contributed by atoms with Gasteiger partial charge in [-0.05, 0) is 36.0 Å². The van der Waals surface area contributed by atoms with Gasteiger partial charge in [-0.15, -0.1) is 0 Å². The van der Waals surface area contributed by atoms with E-state index < -0.39 is 35.7 Å². The molecular formula is C20H24F3N3O3. The summed E-state index contributed by atoms with van der Waals surface area (Å²) in [4.78, 5) is 38.2. The van der Waals surface area contributed by atoms with E-state index in [4.69, 9.17) is 0 Å². The van der Waals surface area contributed by atoms with E-state index in [0.717, 1.165) is 18.4 Å². The fourth-order valence-corrected chi connectivity index (χ4v) is 3.75. The summed E-state index contributed by atoms with van der Waals surface area (Å²) in [5, 5.41) is 3.45. The molecule has 1 aromatic rings. The molecular weight excluding hydrogens is 387 g/mol. The number of nitrogens with one attached hydrogen (secondary N) is 2. The van der Waals surface area contributed by atoms with Gasteiger partial charge in [0, 0.05) is 11.6 Å². The summed E-state index contributed by atoms with van der Waals surface area (Å²) in [6.07, 6.45) is -2.83. The molecule has 0 spiro atoms. The van der Waals surface area contributed by atoms with Crippen molar-refractivity contribution in [3.05, 3.63) is 35.4 Å². The molecule has 1 saturated heterocycles. The first-order chi connectivity index (χ1) is 13.4. The summed E-state index contributed by atoms with van der Waals surface area (Å²) < 4.78 is 41.8. The highest BCUT2D eigenvalue weighted by atomic mass is 19.4. The average molecular weight is 411 g/mol. The zero-order valence-electron chi connectivity index (χ0n) is 16.5. The minimum absolute atomic E-state index is 0.0389. The quantitative estimate of drug-likeness (QED) is 0.748. The second-order valence-electron chi connectivity index (χ2n) is 8.57. The van der Waals surface area contributed by atoms with Crippen molar-refractivity contribution in [2.24, 2.45) is 0 Å². The van der Waals surface area contributed by atoms with E-state index in [2.05, 4.69) is 0 Å². The van der Waals surface area contributed by atoms with Gasteiger partial charge < -0.3 is 5.32 Å². The number of carbonyl (C=O) groups excluding carboxylic acids is 3. The Morgan fingerprint density at radius 1 is 1.10 bits per heavy atom. The van der Waals surface area contributed by atoms with Crippen LogP contribution >= 0.6 is 0 Å². The zero-order valence-corrected chi connectivity index (χ0v) is 16.5. The molecule has 9 heteroatoms. The standard InChI is InChI=1S/C20H24F3N3O3/c1-18(2,3)13-10-8-12(9-11-13)15(27)24-19(20(21,22)23)16(28)26(17(29)25-19)14-6-4-5-7-14/h8-11,14H,4-7H2,1-3H3,(H,24,27)(H,25,29)/t19-/m1/s1. The Hall–Kier alpha value is -2.58. The van der Waals surface area contributed by atoms with Crippen LogP contribution in [0.15, 0.2) is 24.3 Å². The normalized spacial score (nSPS) is 23.4. The zero-order chi connectivity index (χ0) is 21.6. The lowest BCUT2D eigenvalue weighted by Gasteiger charge is -2.30. The third-order valence-electron chi connectivity index (χ3n) is 5.48. The molecule has 1 saturated carbocycles. The van der Waals surface area contributed by atoms with Crippen molar-refractivity contribution < 1.29 is 27.6 Å². The predicted molar refractivity (Wildman–Crippen MR) is 99.0 cm³/mol. The van der Waals surface area contributed by atoms with Crippen molar-refractivity contribution in [1.29, 1.82) is 0 Å². The van der Waals surface area contributed by atoms with Crippen molar-refractivity contribution >= 4 is 17.8 Å². The summed E-state index contributed by atoms with van der Waals surface area (Å²) in [5.41, 5.74) is -2.80. The van der Waals surface area contributed by atoms with Crippen LogP contribution < -0.4 is 10.6 Å². The average Bonchev–Trinajstić information content (AvgIpc) is 3.21. The maximum absolute atomic E-state index is 13.9. The monoisotopic (exact) mass is 411 g/mol. The molecule has 0 radical (unpaired) electrons. The van der Waals surface area contributed by atoms with E-state index in [9.17, 15) is 27.6 Å². The Morgan fingerprint density at radius 2 is 1.66 bits per heavy atom. The molecule has 6 nitrogen and oxygen atoms in total. The number of nitrogens with zero attached hydrogens (tertiary/aromatic N) is 1. The van der Waals surface area contributed by atoms with Gasteiger partial charge in [-0.1, -0.05) is 45.7 Å². The van der Waals surface area contributed by atoms with Crippen LogP contribution in [0.25, 0.3) is 0 Å². The fraction of sp³-hybridized carbons (Fsp3) is 0.550. The van der Waals surface area contributed by atoms with Gasteiger partial charge in [-0.2, -0.15) is 13.2 Å². The number of imide groups is 1. The van der Waals surface area contributed by atoms with E-state index in [1.165, 1.54) is 12.1 Å². The van der Waals surface area contributed by atoms with Crippen LogP contribution in [0.4, 0.5) is 18.0 Å². The number of amides is 4. The minimum atomic E-state index is -5.20. The number of rotatable bonds is 3. The molecule has 1 aromatic carbocycles. The molecule has 1 aliphatic heterocycles. The molecule has 158 valence electrons. The van der Waals surface area contributed by atoms with Crippen LogP contribution in [-0.4, -0.2) is 40.6 Å². The van der Waals surface area contributed by atoms with Gasteiger partial charge in [0.05, 0.1) is 0 Å². The minimum Gasteiger partial charge on any atom is -0.314 e. The molecule has 1 aliphatic carbocycles. The Bertz CT molecular complexity index is 824. The molecule has 2 fully saturated rings. The molecule has 0 aromatic heterocycles. The summed E-state index contributed by atoms with van der Waals surface area (Å²) in [6, 6.07) is 4.37. The van der Waals surface area contributed by atoms with Gasteiger partial charge in [-0.3, -0.25) is 19.8 Å². The lowest BCUT2D eigenvalue weighted by atomic mass is 9.86. The topological polar surface area (TPSA) is 78.5 Å². The molecule has 1 heterocycles. The van der Waals surface area contributed by atoms with Crippen LogP contribution in [0, 0.1) is 0 Å². The van der Waals surface area contributed by atoms with Crippen molar-refractivity contribution in [3.63, 3.8) is 0 Å². The smallest absolute Gasteiger partial charge is 0.314 e. The van der Waals surface area contributed by atoms with E-state index >= 15 is 0 Å². The molecule has 29 heavy (non-hydrogen) atoms. The number of urea groups is 1. The molecule has 1 atom stereocenters. The summed E-state index contributed by atoms with van der Waals surface area (Å²) in [7, 11) is 0. The highest BCUT2D eigenvalue weighted by Gasteiger charge is 2.69. The summed E-state index contributed by atoms with van der Waals surface area (Å²) in [5.74, 6) is -2.58. The summed E-state index contributed by atoms with van der Waals surface area (Å²) in [6.45, 7) is 5.89. The van der Waals surface area contributed by atoms with E-state index in [1.807, 2.05) is 20.8 Å². The van der Waals surface area contributed by atoms with E-state index in [-0.39, 0.29) is 11.0 Å². The van der Waals surface area contributed by atoms with Gasteiger partial charge in [0.2, 0.25) is 0 Å². The molecule has 4 amide bonds. The number of hydrogen-bond acceptors (Lipinski definition) is 3. The SMILES string of the molecule is CC(C)(C)c1ccc(C(=O)N[C@@]2(C(F)(F)F)NC(=O)N(C3CCCC3)C2=O)cc1. The maximum atomic E-state index is 13.9. The van der Waals surface area contributed by atoms with Gasteiger partial charge in [0.25, 0.3) is 17.5 Å². The van der Waals surface area contributed by atoms with Crippen molar-refractivity contribution in [2.45, 2.75) is 69.8 Å². The third-order valence-corrected chi connectivity index (χ3v) is 5.48. The van der Waals surface area contributed by atoms with Gasteiger partial charge in [-0.25, -0.2) is 4.79 Å². The van der Waals surface area contributed by atoms with Gasteiger partial charge in [0.1, 0.15) is 0 Å². The van der Waals surface area contributed by atoms with Gasteiger partial charge >= 0.3 is 12.2 Å². The predicted octanol–water partition coefficient (Wildman–Crippen LogP) is 3.47. The lowest BCUT2D eigenvalue weighted by molar-refractivity contribution is -0.200. The Kier molecular flexibility index (Phi) is 5.13. The van der Waals surface area contributed by atoms with Crippen molar-refractivity contribution in [3.8, 4) is 0 Å². The number of carbonyl (C=O) groups is 3. The fourth-order valence-electron chi connectivity index (χ4n) is 3.75. The number of hydrogen-bond donors (Lipinski definition) is 2. The maximum Gasteiger partial charge on any atom is 0.440 e. The Balaban J connectivity index is 1.89. The van der Waals surface area contributed by atoms with Crippen LogP contribution in [0.2, 0.25) is 0 Å². The molecule has 2 N–H and O–H groups in total. The molecule has 3 rings (SSSR count). The second-order valence-corrected chi connectivity index (χ2v) is 8.57. The Morgan fingerprint density at radius 3 is 2.14 bits per heavy atom. The summed E-state index contributed by atoms with van der Waals surface area (Å²) >= 11 is 0. The van der Waals surface area contributed by atoms with Crippen LogP contribution in [-0.2, 0) is 10.2 Å². The Labute approximate surface area is 166 Å². The highest BCUT2D eigenvalue weighted by molar-refractivity contribution is 6.10. The van der Waals surface area contributed by atoms with Crippen LogP contribution in [0.3, 0.4) is 0 Å². The molecule has 0 unspecified atom stereocenters. The largest absolute Gasteiger partial charge is 0.440 e. The first-order valence-electron chi connectivity index (χ1n) is 9.52. The van der Waals surface area contributed by atoms with Crippen LogP contribution in [0.1, 0.15) is 62.4 Å². The van der Waals surface area contributed by atoms with Crippen molar-refractivity contribution in [2.75, 3.05) is 0 Å². The van der Waals surface area contributed by atoms with Crippen molar-refractivity contribution in [1.82, 2.24) is 15.5 Å². The van der Waals surface area contributed by atoms with E-state index in [0.29, 0.717) is 17.7 Å². The molecule has 2 aliphatic rings. The van der Waals surface area contributed by atoms with Crippen LogP contribution in [0.5, 0.6) is 0 Å². The third kappa shape index (κ3) is 3.70.